The molecular formula is H6O6ScY. The summed E-state index contributed by atoms with van der Waals surface area (Å²) in [7, 11) is 0. The second-order valence-electron chi connectivity index (χ2n) is 0. The average molecular weight is 236 g/mol. The Morgan fingerprint density at radius 3 is 0.375 bits per heavy atom. The Balaban J connectivity index is 0. The van der Waals surface area contributed by atoms with Crippen LogP contribution in [0.1, 0.15) is 0 Å². The van der Waals surface area contributed by atoms with Gasteiger partial charge in [0, 0.05) is 0 Å². The summed E-state index contributed by atoms with van der Waals surface area (Å²) in [5.41, 5.74) is 0. The summed E-state index contributed by atoms with van der Waals surface area (Å²) in [5.74, 6) is 0. The zero-order valence-electron chi connectivity index (χ0n) is 3.84. The molecule has 0 aliphatic heterocycles. The predicted octanol–water partition coefficient (Wildman–Crippen LogP) is -1.07. The molecule has 0 atom stereocenters. The van der Waals surface area contributed by atoms with Gasteiger partial charge in [-0.05, 0) is 0 Å². The van der Waals surface area contributed by atoms with E-state index < -0.39 is 0 Å². The molecule has 0 fully saturated rings. The molecule has 0 saturated heterocycles. The molecular weight excluding hydrogens is 230 g/mol. The van der Waals surface area contributed by atoms with Crippen LogP contribution in [0.15, 0.2) is 0 Å². The van der Waals surface area contributed by atoms with Gasteiger partial charge in [0.2, 0.25) is 0 Å². The zero-order chi connectivity index (χ0) is 0. The van der Waals surface area contributed by atoms with Gasteiger partial charge in [0.15, 0.2) is 0 Å². The summed E-state index contributed by atoms with van der Waals surface area (Å²) < 4.78 is 0. The largest absolute Gasteiger partial charge is 3.00 e. The van der Waals surface area contributed by atoms with E-state index in [2.05, 4.69) is 0 Å². The van der Waals surface area contributed by atoms with E-state index in [1.165, 1.54) is 0 Å². The molecule has 0 aromatic heterocycles. The van der Waals surface area contributed by atoms with Gasteiger partial charge in [0.25, 0.3) is 0 Å². The van der Waals surface area contributed by atoms with Crippen LogP contribution in [0.4, 0.5) is 0 Å². The third kappa shape index (κ3) is 117. The van der Waals surface area contributed by atoms with Gasteiger partial charge in [0.05, 0.1) is 0 Å². The molecule has 8 heteroatoms. The van der Waals surface area contributed by atoms with Crippen LogP contribution in [0.5, 0.6) is 0 Å². The summed E-state index contributed by atoms with van der Waals surface area (Å²) in [6.45, 7) is 0. The van der Waals surface area contributed by atoms with Gasteiger partial charge in [-0.25, -0.2) is 0 Å². The SMILES string of the molecule is [OH-].[OH-].[OH-].[OH-].[OH-].[OH-].[Sc+3].[Y+3]. The van der Waals surface area contributed by atoms with Crippen LogP contribution in [-0.2, 0) is 58.6 Å². The molecule has 0 saturated carbocycles. The fourth-order valence-corrected chi connectivity index (χ4v) is 0. The van der Waals surface area contributed by atoms with Crippen LogP contribution in [-0.4, -0.2) is 32.9 Å². The number of hydrogen-bond donors (Lipinski definition) is 0. The van der Waals surface area contributed by atoms with E-state index in [1.807, 2.05) is 0 Å². The molecule has 48 valence electrons. The fraction of sp³-hybridized carbons (Fsp3) is 0. The topological polar surface area (TPSA) is 180 Å². The molecule has 0 spiro atoms. The summed E-state index contributed by atoms with van der Waals surface area (Å²) in [6, 6.07) is 0. The van der Waals surface area contributed by atoms with Gasteiger partial charge >= 0.3 is 58.6 Å². The third-order valence-electron chi connectivity index (χ3n) is 0. The zero-order valence-corrected chi connectivity index (χ0v) is 8.48. The van der Waals surface area contributed by atoms with Gasteiger partial charge < -0.3 is 32.9 Å². The van der Waals surface area contributed by atoms with E-state index in [1.54, 1.807) is 0 Å². The third-order valence-corrected chi connectivity index (χ3v) is 0. The molecule has 0 radical (unpaired) electrons. The Morgan fingerprint density at radius 1 is 0.375 bits per heavy atom. The molecule has 0 amide bonds. The van der Waals surface area contributed by atoms with E-state index in [4.69, 9.17) is 0 Å². The smallest absolute Gasteiger partial charge is 0.870 e. The minimum atomic E-state index is 0. The van der Waals surface area contributed by atoms with E-state index >= 15 is 0 Å². The van der Waals surface area contributed by atoms with Crippen LogP contribution in [0.2, 0.25) is 0 Å². The van der Waals surface area contributed by atoms with Crippen molar-refractivity contribution in [1.82, 2.24) is 0 Å². The second kappa shape index (κ2) is 174. The number of rotatable bonds is 0. The first kappa shape index (κ1) is 247. The monoisotopic (exact) mass is 236 g/mol. The normalized spacial score (nSPS) is 0. The summed E-state index contributed by atoms with van der Waals surface area (Å²) in [4.78, 5) is 0. The van der Waals surface area contributed by atoms with Crippen LogP contribution < -0.4 is 0 Å². The summed E-state index contributed by atoms with van der Waals surface area (Å²) in [6.07, 6.45) is 0. The quantitative estimate of drug-likeness (QED) is 0.515. The average Bonchev–Trinajstić information content (AvgIpc) is 0. The molecule has 6 N–H and O–H groups in total. The van der Waals surface area contributed by atoms with Crippen molar-refractivity contribution in [1.29, 1.82) is 0 Å². The first-order chi connectivity index (χ1) is 0. The maximum absolute atomic E-state index is 0. The minimum absolute atomic E-state index is 0. The maximum Gasteiger partial charge on any atom is 3.00 e. The van der Waals surface area contributed by atoms with Gasteiger partial charge in [0.1, 0.15) is 0 Å². The minimum Gasteiger partial charge on any atom is -0.870 e. The summed E-state index contributed by atoms with van der Waals surface area (Å²) in [5, 5.41) is 0. The Labute approximate surface area is 90.5 Å². The van der Waals surface area contributed by atoms with Crippen molar-refractivity contribution < 1.29 is 91.4 Å². The van der Waals surface area contributed by atoms with Crippen molar-refractivity contribution in [2.75, 3.05) is 0 Å². The van der Waals surface area contributed by atoms with Gasteiger partial charge in [-0.1, -0.05) is 0 Å². The van der Waals surface area contributed by atoms with Gasteiger partial charge in [-0.3, -0.25) is 0 Å². The van der Waals surface area contributed by atoms with E-state index in [0.717, 1.165) is 0 Å². The molecule has 8 heavy (non-hydrogen) atoms. The molecule has 0 bridgehead atoms. The molecule has 0 aromatic rings. The van der Waals surface area contributed by atoms with Crippen molar-refractivity contribution in [3.05, 3.63) is 0 Å². The second-order valence-corrected chi connectivity index (χ2v) is 0. The molecule has 0 heterocycles. The van der Waals surface area contributed by atoms with Crippen LogP contribution in [0, 0.1) is 0 Å². The van der Waals surface area contributed by atoms with E-state index in [-0.39, 0.29) is 91.4 Å². The van der Waals surface area contributed by atoms with Crippen molar-refractivity contribution in [3.8, 4) is 0 Å². The summed E-state index contributed by atoms with van der Waals surface area (Å²) >= 11 is 0. The Kier molecular flexibility index (Phi) is 5360. The maximum atomic E-state index is 0. The molecule has 0 aliphatic rings. The van der Waals surface area contributed by atoms with Crippen LogP contribution in [0.3, 0.4) is 0 Å². The first-order valence-corrected chi connectivity index (χ1v) is 0. The van der Waals surface area contributed by atoms with Crippen molar-refractivity contribution in [2.45, 2.75) is 0 Å². The molecule has 0 aliphatic carbocycles. The number of hydrogen-bond acceptors (Lipinski definition) is 6. The van der Waals surface area contributed by atoms with E-state index in [9.17, 15) is 0 Å². The van der Waals surface area contributed by atoms with E-state index in [0.29, 0.717) is 0 Å². The van der Waals surface area contributed by atoms with Crippen LogP contribution >= 0.6 is 0 Å². The Morgan fingerprint density at radius 2 is 0.375 bits per heavy atom. The molecule has 6 nitrogen and oxygen atoms in total. The fourth-order valence-electron chi connectivity index (χ4n) is 0. The molecule has 0 aromatic carbocycles. The van der Waals surface area contributed by atoms with Crippen LogP contribution in [0.25, 0.3) is 0 Å². The predicted molar refractivity (Wildman–Crippen MR) is 11.6 cm³/mol. The Bertz CT molecular complexity index is 8.49. The Hall–Kier alpha value is 1.73. The van der Waals surface area contributed by atoms with Crippen molar-refractivity contribution >= 4 is 0 Å². The first-order valence-electron chi connectivity index (χ1n) is 0. The molecule has 0 rings (SSSR count). The van der Waals surface area contributed by atoms with Gasteiger partial charge in [-0.2, -0.15) is 0 Å². The van der Waals surface area contributed by atoms with Crippen molar-refractivity contribution in [3.63, 3.8) is 0 Å². The van der Waals surface area contributed by atoms with Crippen molar-refractivity contribution in [2.24, 2.45) is 0 Å². The standard InChI is InChI=1S/6H2O.Sc.Y/h6*1H2;;/q;;;;;;2*+3/p-6. The molecule has 0 unspecified atom stereocenters. The van der Waals surface area contributed by atoms with Gasteiger partial charge in [-0.15, -0.1) is 0 Å².